The first-order valence-electron chi connectivity index (χ1n) is 8.15. The van der Waals surface area contributed by atoms with Gasteiger partial charge in [0.2, 0.25) is 0 Å². The Balaban J connectivity index is 1.77. The number of likely N-dealkylation sites (tertiary alicyclic amines) is 1. The predicted molar refractivity (Wildman–Crippen MR) is 86.9 cm³/mol. The topological polar surface area (TPSA) is 15.3 Å². The molecule has 2 heteroatoms. The minimum atomic E-state index is 0.485. The van der Waals surface area contributed by atoms with Crippen molar-refractivity contribution in [2.75, 3.05) is 26.7 Å². The minimum absolute atomic E-state index is 0.485. The van der Waals surface area contributed by atoms with E-state index in [9.17, 15) is 0 Å². The molecule has 0 aliphatic carbocycles. The quantitative estimate of drug-likeness (QED) is 0.851. The van der Waals surface area contributed by atoms with Crippen LogP contribution in [0.5, 0.6) is 0 Å². The summed E-state index contributed by atoms with van der Waals surface area (Å²) in [5, 5.41) is 3.46. The summed E-state index contributed by atoms with van der Waals surface area (Å²) >= 11 is 0. The van der Waals surface area contributed by atoms with Gasteiger partial charge in [0.05, 0.1) is 0 Å². The molecule has 0 bridgehead atoms. The Morgan fingerprint density at radius 1 is 1.15 bits per heavy atom. The molecule has 1 atom stereocenters. The molecule has 1 fully saturated rings. The van der Waals surface area contributed by atoms with Gasteiger partial charge >= 0.3 is 0 Å². The summed E-state index contributed by atoms with van der Waals surface area (Å²) < 4.78 is 0. The van der Waals surface area contributed by atoms with Crippen molar-refractivity contribution in [2.24, 2.45) is 11.8 Å². The first kappa shape index (κ1) is 15.5. The van der Waals surface area contributed by atoms with Crippen molar-refractivity contribution in [3.63, 3.8) is 0 Å². The van der Waals surface area contributed by atoms with E-state index in [1.165, 1.54) is 44.5 Å². The van der Waals surface area contributed by atoms with Crippen molar-refractivity contribution in [3.05, 3.63) is 35.9 Å². The van der Waals surface area contributed by atoms with Crippen molar-refractivity contribution in [3.8, 4) is 0 Å². The Kier molecular flexibility index (Phi) is 6.06. The van der Waals surface area contributed by atoms with E-state index in [0.29, 0.717) is 6.04 Å². The van der Waals surface area contributed by atoms with Gasteiger partial charge in [0.25, 0.3) is 0 Å². The maximum Gasteiger partial charge on any atom is 0.0329 e. The number of nitrogens with one attached hydrogen (secondary N) is 1. The Labute approximate surface area is 124 Å². The van der Waals surface area contributed by atoms with Crippen LogP contribution in [0.3, 0.4) is 0 Å². The number of rotatable bonds is 6. The van der Waals surface area contributed by atoms with Crippen LogP contribution in [0.15, 0.2) is 30.3 Å². The molecule has 1 aliphatic heterocycles. The maximum absolute atomic E-state index is 3.46. The van der Waals surface area contributed by atoms with Gasteiger partial charge in [-0.3, -0.25) is 0 Å². The van der Waals surface area contributed by atoms with E-state index in [0.717, 1.165) is 11.8 Å². The molecule has 1 aromatic carbocycles. The van der Waals surface area contributed by atoms with E-state index in [1.54, 1.807) is 0 Å². The summed E-state index contributed by atoms with van der Waals surface area (Å²) in [4.78, 5) is 2.64. The third-order valence-corrected chi connectivity index (χ3v) is 4.86. The average Bonchev–Trinajstić information content (AvgIpc) is 2.49. The molecule has 2 nitrogen and oxygen atoms in total. The lowest BCUT2D eigenvalue weighted by molar-refractivity contribution is 0.153. The third kappa shape index (κ3) is 4.32. The molecule has 1 unspecified atom stereocenters. The highest BCUT2D eigenvalue weighted by Crippen LogP contribution is 2.25. The Morgan fingerprint density at radius 3 is 2.35 bits per heavy atom. The standard InChI is InChI=1S/C18H30N2/c1-15(2)16-9-12-20(13-10-16)14-11-18(19-3)17-7-5-4-6-8-17/h4-8,15-16,18-19H,9-14H2,1-3H3. The van der Waals surface area contributed by atoms with E-state index in [1.807, 2.05) is 0 Å². The van der Waals surface area contributed by atoms with Crippen molar-refractivity contribution in [1.29, 1.82) is 0 Å². The maximum atomic E-state index is 3.46. The monoisotopic (exact) mass is 274 g/mol. The molecule has 0 aromatic heterocycles. The van der Waals surface area contributed by atoms with Crippen molar-refractivity contribution in [2.45, 2.75) is 39.2 Å². The highest BCUT2D eigenvalue weighted by molar-refractivity contribution is 5.18. The molecule has 0 saturated carbocycles. The second-order valence-electron chi connectivity index (χ2n) is 6.46. The van der Waals surface area contributed by atoms with E-state index in [-0.39, 0.29) is 0 Å². The van der Waals surface area contributed by atoms with Crippen LogP contribution in [0, 0.1) is 11.8 Å². The molecule has 0 radical (unpaired) electrons. The van der Waals surface area contributed by atoms with Gasteiger partial charge in [0.15, 0.2) is 0 Å². The molecule has 20 heavy (non-hydrogen) atoms. The predicted octanol–water partition coefficient (Wildman–Crippen LogP) is 3.71. The molecule has 1 aliphatic rings. The van der Waals surface area contributed by atoms with Gasteiger partial charge in [-0.05, 0) is 63.3 Å². The smallest absolute Gasteiger partial charge is 0.0329 e. The molecular formula is C18H30N2. The second-order valence-corrected chi connectivity index (χ2v) is 6.46. The van der Waals surface area contributed by atoms with Crippen LogP contribution in [0.25, 0.3) is 0 Å². The normalized spacial score (nSPS) is 19.4. The molecule has 0 spiro atoms. The zero-order chi connectivity index (χ0) is 14.4. The number of piperidine rings is 1. The van der Waals surface area contributed by atoms with Crippen LogP contribution in [0.4, 0.5) is 0 Å². The lowest BCUT2D eigenvalue weighted by atomic mass is 9.86. The SMILES string of the molecule is CNC(CCN1CCC(C(C)C)CC1)c1ccccc1. The zero-order valence-corrected chi connectivity index (χ0v) is 13.3. The zero-order valence-electron chi connectivity index (χ0n) is 13.3. The van der Waals surface area contributed by atoms with Gasteiger partial charge < -0.3 is 10.2 Å². The Bertz CT molecular complexity index is 366. The highest BCUT2D eigenvalue weighted by atomic mass is 15.1. The Morgan fingerprint density at radius 2 is 1.80 bits per heavy atom. The number of nitrogens with zero attached hydrogens (tertiary/aromatic N) is 1. The summed E-state index contributed by atoms with van der Waals surface area (Å²) in [6.45, 7) is 8.52. The van der Waals surface area contributed by atoms with Crippen molar-refractivity contribution >= 4 is 0 Å². The summed E-state index contributed by atoms with van der Waals surface area (Å²) in [6, 6.07) is 11.3. The van der Waals surface area contributed by atoms with Gasteiger partial charge in [-0.2, -0.15) is 0 Å². The van der Waals surface area contributed by atoms with Crippen LogP contribution >= 0.6 is 0 Å². The van der Waals surface area contributed by atoms with E-state index >= 15 is 0 Å². The van der Waals surface area contributed by atoms with Gasteiger partial charge in [-0.25, -0.2) is 0 Å². The van der Waals surface area contributed by atoms with Gasteiger partial charge in [-0.15, -0.1) is 0 Å². The summed E-state index contributed by atoms with van der Waals surface area (Å²) in [6.07, 6.45) is 3.97. The van der Waals surface area contributed by atoms with E-state index < -0.39 is 0 Å². The van der Waals surface area contributed by atoms with Crippen molar-refractivity contribution in [1.82, 2.24) is 10.2 Å². The lowest BCUT2D eigenvalue weighted by Crippen LogP contribution is -2.37. The molecule has 0 amide bonds. The second kappa shape index (κ2) is 7.80. The Hall–Kier alpha value is -0.860. The number of benzene rings is 1. The fourth-order valence-electron chi connectivity index (χ4n) is 3.32. The third-order valence-electron chi connectivity index (χ3n) is 4.86. The van der Waals surface area contributed by atoms with Crippen LogP contribution in [0.2, 0.25) is 0 Å². The van der Waals surface area contributed by atoms with Crippen LogP contribution in [-0.4, -0.2) is 31.6 Å². The van der Waals surface area contributed by atoms with Crippen LogP contribution < -0.4 is 5.32 Å². The molecule has 1 saturated heterocycles. The van der Waals surface area contributed by atoms with Crippen molar-refractivity contribution < 1.29 is 0 Å². The largest absolute Gasteiger partial charge is 0.313 e. The number of hydrogen-bond acceptors (Lipinski definition) is 2. The fraction of sp³-hybridized carbons (Fsp3) is 0.667. The highest BCUT2D eigenvalue weighted by Gasteiger charge is 2.21. The summed E-state index contributed by atoms with van der Waals surface area (Å²) in [5.74, 6) is 1.80. The van der Waals surface area contributed by atoms with Crippen LogP contribution in [0.1, 0.15) is 44.7 Å². The lowest BCUT2D eigenvalue weighted by Gasteiger charge is -2.34. The van der Waals surface area contributed by atoms with Gasteiger partial charge in [0.1, 0.15) is 0 Å². The van der Waals surface area contributed by atoms with Gasteiger partial charge in [-0.1, -0.05) is 44.2 Å². The van der Waals surface area contributed by atoms with Crippen LogP contribution in [-0.2, 0) is 0 Å². The van der Waals surface area contributed by atoms with E-state index in [2.05, 4.69) is 61.4 Å². The fourth-order valence-corrected chi connectivity index (χ4v) is 3.32. The van der Waals surface area contributed by atoms with E-state index in [4.69, 9.17) is 0 Å². The molecule has 2 rings (SSSR count). The first-order valence-corrected chi connectivity index (χ1v) is 8.15. The first-order chi connectivity index (χ1) is 9.70. The molecule has 1 heterocycles. The molecule has 1 N–H and O–H groups in total. The summed E-state index contributed by atoms with van der Waals surface area (Å²) in [5.41, 5.74) is 1.41. The molecule has 1 aromatic rings. The minimum Gasteiger partial charge on any atom is -0.313 e. The number of hydrogen-bond donors (Lipinski definition) is 1. The van der Waals surface area contributed by atoms with Gasteiger partial charge in [0, 0.05) is 6.04 Å². The molecule has 112 valence electrons. The molecular weight excluding hydrogens is 244 g/mol. The summed E-state index contributed by atoms with van der Waals surface area (Å²) in [7, 11) is 2.07. The average molecular weight is 274 g/mol.